The van der Waals surface area contributed by atoms with Crippen LogP contribution in [0.2, 0.25) is 10.0 Å². The monoisotopic (exact) mass is 1440 g/mol. The first kappa shape index (κ1) is 82.5. The normalized spacial score (nSPS) is 12.2. The highest BCUT2D eigenvalue weighted by atomic mass is 79.9. The fourth-order valence-corrected chi connectivity index (χ4v) is 12.9. The van der Waals surface area contributed by atoms with Gasteiger partial charge in [0.05, 0.1) is 45.6 Å². The zero-order chi connectivity index (χ0) is 68.3. The standard InChI is InChI=1S/C17H24O3S.C13H15BrO3S.C13H14Cl2O3S.2C11H11FO3S/c1-12(18)10-11-21-15(16(19)20-5)13-6-8-14(9-7-13)17(2,3)4;1-9(15)7-8-18-12(13(16)17-2)10-3-5-11(14)6-4-10;1-8(16)5-6-19-12(13(17)18-2)9-3-4-10(14)11(15)7-9;1-7(13)16-10(11(14)15-2)8-3-5-9(12)6-4-8;1-7(13)16-10(11(14)15-2)8-4-3-5-9(12)6-8/h6-9,15H,10-11H2,1-5H3;3-6,12H,7-8H2,1-2H3;3-4,7,12H,5-6H2,1-2H3;2*3-6,10H,1-2H3. The second-order valence-corrected chi connectivity index (χ2v) is 27.8. The third-order valence-electron chi connectivity index (χ3n) is 11.7. The van der Waals surface area contributed by atoms with Gasteiger partial charge in [-0.15, -0.1) is 35.3 Å². The molecular weight excluding hydrogens is 1370 g/mol. The number of esters is 5. The van der Waals surface area contributed by atoms with Crippen molar-refractivity contribution >= 4 is 155 Å². The van der Waals surface area contributed by atoms with Crippen LogP contribution in [0, 0.1) is 11.6 Å². The Hall–Kier alpha value is -5.53. The molecule has 5 rings (SSSR count). The van der Waals surface area contributed by atoms with E-state index in [1.807, 2.05) is 36.4 Å². The Morgan fingerprint density at radius 3 is 1.09 bits per heavy atom. The van der Waals surface area contributed by atoms with Crippen LogP contribution in [0.1, 0.15) is 134 Å². The lowest BCUT2D eigenvalue weighted by atomic mass is 9.86. The number of carbonyl (C=O) groups is 10. The molecule has 25 heteroatoms. The highest BCUT2D eigenvalue weighted by Crippen LogP contribution is 2.37. The van der Waals surface area contributed by atoms with Gasteiger partial charge in [-0.3, -0.25) is 47.9 Å². The van der Waals surface area contributed by atoms with E-state index in [0.717, 1.165) is 44.7 Å². The third kappa shape index (κ3) is 32.7. The smallest absolute Gasteiger partial charge is 0.323 e. The summed E-state index contributed by atoms with van der Waals surface area (Å²) in [5.41, 5.74) is 4.81. The molecule has 90 heavy (non-hydrogen) atoms. The van der Waals surface area contributed by atoms with Crippen molar-refractivity contribution < 1.29 is 80.4 Å². The van der Waals surface area contributed by atoms with Crippen LogP contribution in [0.3, 0.4) is 0 Å². The maximum Gasteiger partial charge on any atom is 0.323 e. The van der Waals surface area contributed by atoms with Crippen molar-refractivity contribution in [1.29, 1.82) is 0 Å². The lowest BCUT2D eigenvalue weighted by molar-refractivity contribution is -0.141. The molecule has 5 aromatic carbocycles. The van der Waals surface area contributed by atoms with E-state index in [1.165, 1.54) is 140 Å². The van der Waals surface area contributed by atoms with E-state index in [1.54, 1.807) is 38.1 Å². The molecule has 0 aliphatic carbocycles. The summed E-state index contributed by atoms with van der Waals surface area (Å²) in [6.45, 7) is 13.8. The first-order chi connectivity index (χ1) is 42.3. The van der Waals surface area contributed by atoms with Crippen molar-refractivity contribution in [1.82, 2.24) is 0 Å². The molecule has 15 nitrogen and oxygen atoms in total. The lowest BCUT2D eigenvalue weighted by Crippen LogP contribution is -2.14. The van der Waals surface area contributed by atoms with E-state index in [2.05, 4.69) is 58.3 Å². The van der Waals surface area contributed by atoms with Gasteiger partial charge in [-0.05, 0) is 108 Å². The number of ketones is 3. The summed E-state index contributed by atoms with van der Waals surface area (Å²) in [5.74, 6) is -0.712. The van der Waals surface area contributed by atoms with Gasteiger partial charge in [-0.2, -0.15) is 0 Å². The molecule has 0 N–H and O–H groups in total. The molecule has 5 unspecified atom stereocenters. The van der Waals surface area contributed by atoms with Crippen molar-refractivity contribution in [3.8, 4) is 0 Å². The molecule has 0 aliphatic heterocycles. The summed E-state index contributed by atoms with van der Waals surface area (Å²) in [4.78, 5) is 113. The molecule has 5 aromatic rings. The van der Waals surface area contributed by atoms with Crippen molar-refractivity contribution in [3.63, 3.8) is 0 Å². The number of halogens is 5. The van der Waals surface area contributed by atoms with Gasteiger partial charge in [-0.1, -0.05) is 150 Å². The van der Waals surface area contributed by atoms with Gasteiger partial charge in [-0.25, -0.2) is 8.78 Å². The average molecular weight is 1450 g/mol. The van der Waals surface area contributed by atoms with Crippen LogP contribution >= 0.6 is 97.9 Å². The summed E-state index contributed by atoms with van der Waals surface area (Å²) in [6.07, 6.45) is 1.35. The largest absolute Gasteiger partial charge is 0.468 e. The number of thioether (sulfide) groups is 5. The van der Waals surface area contributed by atoms with E-state index in [-0.39, 0.29) is 67.2 Å². The Morgan fingerprint density at radius 2 is 0.744 bits per heavy atom. The molecule has 0 saturated carbocycles. The molecule has 0 spiro atoms. The fraction of sp³-hybridized carbons (Fsp3) is 0.385. The lowest BCUT2D eigenvalue weighted by Gasteiger charge is -2.20. The molecule has 0 amide bonds. The number of Topliss-reactive ketones (excluding diaryl/α,β-unsaturated/α-hetero) is 3. The minimum absolute atomic E-state index is 0.0844. The topological polar surface area (TPSA) is 217 Å². The number of carbonyl (C=O) groups excluding carboxylic acids is 10. The van der Waals surface area contributed by atoms with E-state index in [4.69, 9.17) is 37.4 Å². The van der Waals surface area contributed by atoms with Crippen molar-refractivity contribution in [3.05, 3.63) is 175 Å². The van der Waals surface area contributed by atoms with Gasteiger partial charge in [0, 0.05) is 54.8 Å². The number of hydrogen-bond donors (Lipinski definition) is 0. The SMILES string of the molecule is COC(=O)C(SC(C)=O)c1ccc(F)cc1.COC(=O)C(SC(C)=O)c1cccc(F)c1.COC(=O)C(SCCC(C)=O)c1ccc(Br)cc1.COC(=O)C(SCCC(C)=O)c1ccc(C(C)(C)C)cc1.COC(=O)C(SCCC(C)=O)c1ccc(Cl)c(Cl)c1. The number of ether oxygens (including phenoxy) is 5. The van der Waals surface area contributed by atoms with Gasteiger partial charge in [0.1, 0.15) is 55.2 Å². The fourth-order valence-electron chi connectivity index (χ4n) is 7.01. The summed E-state index contributed by atoms with van der Waals surface area (Å²) >= 11 is 21.0. The Balaban J connectivity index is 0.000000564. The van der Waals surface area contributed by atoms with Gasteiger partial charge < -0.3 is 23.7 Å². The highest BCUT2D eigenvalue weighted by Gasteiger charge is 2.28. The van der Waals surface area contributed by atoms with Gasteiger partial charge in [0.25, 0.3) is 0 Å². The zero-order valence-corrected chi connectivity index (χ0v) is 59.3. The van der Waals surface area contributed by atoms with E-state index in [9.17, 15) is 56.7 Å². The number of benzene rings is 5. The molecule has 0 aliphatic rings. The third-order valence-corrected chi connectivity index (χ3v) is 18.7. The first-order valence-electron chi connectivity index (χ1n) is 27.2. The Labute approximate surface area is 565 Å². The second kappa shape index (κ2) is 44.1. The predicted molar refractivity (Wildman–Crippen MR) is 362 cm³/mol. The van der Waals surface area contributed by atoms with Crippen LogP contribution in [0.4, 0.5) is 8.78 Å². The molecule has 0 radical (unpaired) electrons. The van der Waals surface area contributed by atoms with E-state index >= 15 is 0 Å². The van der Waals surface area contributed by atoms with Crippen LogP contribution in [-0.4, -0.2) is 110 Å². The Kier molecular flexibility index (Phi) is 40.4. The van der Waals surface area contributed by atoms with Crippen molar-refractivity contribution in [2.75, 3.05) is 52.8 Å². The summed E-state index contributed by atoms with van der Waals surface area (Å²) in [7, 11) is 6.58. The molecule has 490 valence electrons. The van der Waals surface area contributed by atoms with E-state index in [0.29, 0.717) is 57.7 Å². The number of hydrogen-bond acceptors (Lipinski definition) is 20. The van der Waals surface area contributed by atoms with E-state index < -0.39 is 33.5 Å². The minimum Gasteiger partial charge on any atom is -0.468 e. The highest BCUT2D eigenvalue weighted by molar-refractivity contribution is 9.10. The predicted octanol–water partition coefficient (Wildman–Crippen LogP) is 15.8. The van der Waals surface area contributed by atoms with Gasteiger partial charge in [0.2, 0.25) is 0 Å². The number of rotatable bonds is 24. The Morgan fingerprint density at radius 1 is 0.422 bits per heavy atom. The van der Waals surface area contributed by atoms with Crippen molar-refractivity contribution in [2.45, 2.75) is 106 Å². The average Bonchev–Trinajstić information content (AvgIpc) is 2.45. The summed E-state index contributed by atoms with van der Waals surface area (Å²) in [6, 6.07) is 31.6. The summed E-state index contributed by atoms with van der Waals surface area (Å²) < 4.78 is 50.3. The van der Waals surface area contributed by atoms with Gasteiger partial charge >= 0.3 is 29.8 Å². The zero-order valence-electron chi connectivity index (χ0n) is 52.2. The Bertz CT molecular complexity index is 3150. The molecule has 0 saturated heterocycles. The van der Waals surface area contributed by atoms with Crippen LogP contribution in [0.15, 0.2) is 120 Å². The maximum absolute atomic E-state index is 13.0. The molecule has 0 fully saturated rings. The first-order valence-corrected chi connectivity index (χ1v) is 33.7. The maximum atomic E-state index is 13.0. The van der Waals surface area contributed by atoms with Gasteiger partial charge in [0.15, 0.2) is 10.2 Å². The van der Waals surface area contributed by atoms with Crippen LogP contribution in [0.25, 0.3) is 0 Å². The molecular formula is C65H75BrCl2F2O15S5. The molecule has 0 aromatic heterocycles. The molecule has 5 atom stereocenters. The second-order valence-electron chi connectivity index (χ2n) is 19.9. The van der Waals surface area contributed by atoms with Crippen LogP contribution < -0.4 is 0 Å². The van der Waals surface area contributed by atoms with Crippen LogP contribution in [0.5, 0.6) is 0 Å². The number of methoxy groups -OCH3 is 5. The molecule has 0 bridgehead atoms. The van der Waals surface area contributed by atoms with Crippen LogP contribution in [-0.2, 0) is 77.0 Å². The van der Waals surface area contributed by atoms with Crippen molar-refractivity contribution in [2.24, 2.45) is 0 Å². The summed E-state index contributed by atoms with van der Waals surface area (Å²) in [5, 5.41) is -2.38. The minimum atomic E-state index is -0.807. The quantitative estimate of drug-likeness (QED) is 0.0414. The molecule has 0 heterocycles.